The third kappa shape index (κ3) is 5.04. The van der Waals surface area contributed by atoms with Crippen LogP contribution in [0.3, 0.4) is 0 Å². The summed E-state index contributed by atoms with van der Waals surface area (Å²) in [6, 6.07) is 4.07. The van der Waals surface area contributed by atoms with Crippen LogP contribution in [-0.4, -0.2) is 24.1 Å². The van der Waals surface area contributed by atoms with Crippen molar-refractivity contribution in [1.29, 1.82) is 0 Å². The number of rotatable bonds is 6. The number of halogens is 2. The number of aliphatic imine (C=N–C) groups is 1. The van der Waals surface area contributed by atoms with Gasteiger partial charge < -0.3 is 21.3 Å². The largest absolute Gasteiger partial charge is 0.512 e. The molecule has 1 heterocycles. The van der Waals surface area contributed by atoms with Gasteiger partial charge in [0.05, 0.1) is 24.5 Å². The van der Waals surface area contributed by atoms with Gasteiger partial charge in [-0.05, 0) is 37.6 Å². The monoisotopic (exact) mass is 393 g/mol. The Morgan fingerprint density at radius 3 is 2.74 bits per heavy atom. The Morgan fingerprint density at radius 2 is 2.19 bits per heavy atom. The lowest BCUT2D eigenvalue weighted by Gasteiger charge is -2.22. The average molecular weight is 394 g/mol. The summed E-state index contributed by atoms with van der Waals surface area (Å²) < 4.78 is 19.5. The molecule has 0 aliphatic carbocycles. The molecule has 0 radical (unpaired) electrons. The molecule has 1 saturated heterocycles. The first-order valence-corrected chi connectivity index (χ1v) is 8.98. The van der Waals surface area contributed by atoms with Crippen LogP contribution in [-0.2, 0) is 4.74 Å². The highest BCUT2D eigenvalue weighted by Crippen LogP contribution is 2.37. The summed E-state index contributed by atoms with van der Waals surface area (Å²) in [6.07, 6.45) is 2.96. The van der Waals surface area contributed by atoms with Crippen LogP contribution in [0.15, 0.2) is 52.9 Å². The van der Waals surface area contributed by atoms with E-state index < -0.39 is 5.82 Å². The molecule has 1 aliphatic heterocycles. The summed E-state index contributed by atoms with van der Waals surface area (Å²) in [7, 11) is 0. The Hall–Kier alpha value is -2.47. The number of nitrogens with zero attached hydrogens (tertiary/aromatic N) is 1. The van der Waals surface area contributed by atoms with Gasteiger partial charge in [-0.3, -0.25) is 4.99 Å². The fraction of sp³-hybridized carbons (Fsp3) is 0.350. The molecule has 0 spiro atoms. The average Bonchev–Trinajstić information content (AvgIpc) is 3.01. The Bertz CT molecular complexity index is 829. The van der Waals surface area contributed by atoms with Crippen molar-refractivity contribution < 1.29 is 14.2 Å². The van der Waals surface area contributed by atoms with Crippen molar-refractivity contribution in [2.45, 2.75) is 26.7 Å². The predicted octanol–water partition coefficient (Wildman–Crippen LogP) is 4.30. The number of hydrogen-bond acceptors (Lipinski definition) is 4. The molecule has 5 N–H and O–H groups in total. The van der Waals surface area contributed by atoms with Crippen LogP contribution in [0.2, 0.25) is 5.02 Å². The second-order valence-corrected chi connectivity index (χ2v) is 7.22. The van der Waals surface area contributed by atoms with Crippen molar-refractivity contribution in [3.8, 4) is 0 Å². The highest BCUT2D eigenvalue weighted by Gasteiger charge is 2.35. The van der Waals surface area contributed by atoms with Crippen LogP contribution in [0, 0.1) is 11.2 Å². The van der Waals surface area contributed by atoms with E-state index in [1.807, 2.05) is 0 Å². The van der Waals surface area contributed by atoms with Crippen LogP contribution in [0.1, 0.15) is 32.3 Å². The molecule has 1 unspecified atom stereocenters. The molecule has 146 valence electrons. The van der Waals surface area contributed by atoms with Crippen LogP contribution in [0.25, 0.3) is 5.70 Å². The topological polar surface area (TPSA) is 93.9 Å². The van der Waals surface area contributed by atoms with E-state index in [4.69, 9.17) is 27.8 Å². The molecule has 27 heavy (non-hydrogen) atoms. The lowest BCUT2D eigenvalue weighted by atomic mass is 9.84. The van der Waals surface area contributed by atoms with Gasteiger partial charge in [-0.25, -0.2) is 4.39 Å². The van der Waals surface area contributed by atoms with E-state index in [0.29, 0.717) is 24.6 Å². The number of aliphatic hydroxyl groups excluding tert-OH is 1. The summed E-state index contributed by atoms with van der Waals surface area (Å²) in [5, 5.41) is 10.4. The fourth-order valence-electron chi connectivity index (χ4n) is 2.87. The highest BCUT2D eigenvalue weighted by molar-refractivity contribution is 6.30. The van der Waals surface area contributed by atoms with Crippen molar-refractivity contribution in [3.63, 3.8) is 0 Å². The SMILES string of the molecule is C=C1CC(CC)(CN=C(N)C(/C=C(\N)c2cc(Cl)ccc2F)=C(C)O)CO1. The standard InChI is InChI=1S/C20H25ClFN3O2/c1-4-20(9-12(2)27-11-20)10-25-19(24)15(13(3)26)8-18(23)16-7-14(21)5-6-17(16)22/h5-8,26H,2,4,9-11,23H2,1,3H3,(H2,24,25)/b15-13?,18-8-. The van der Waals surface area contributed by atoms with E-state index in [9.17, 15) is 9.50 Å². The zero-order valence-electron chi connectivity index (χ0n) is 15.6. The van der Waals surface area contributed by atoms with Crippen molar-refractivity contribution >= 4 is 23.1 Å². The molecule has 7 heteroatoms. The summed E-state index contributed by atoms with van der Waals surface area (Å²) in [5.74, 6) is 0.260. The Balaban J connectivity index is 2.30. The Morgan fingerprint density at radius 1 is 1.48 bits per heavy atom. The number of hydrogen-bond donors (Lipinski definition) is 3. The number of allylic oxidation sites excluding steroid dienone is 2. The second kappa shape index (κ2) is 8.48. The summed E-state index contributed by atoms with van der Waals surface area (Å²) in [6.45, 7) is 8.32. The van der Waals surface area contributed by atoms with Crippen LogP contribution in [0.4, 0.5) is 4.39 Å². The molecule has 1 atom stereocenters. The maximum absolute atomic E-state index is 14.0. The molecule has 5 nitrogen and oxygen atoms in total. The van der Waals surface area contributed by atoms with Crippen LogP contribution >= 0.6 is 11.6 Å². The fourth-order valence-corrected chi connectivity index (χ4v) is 3.04. The van der Waals surface area contributed by atoms with Crippen molar-refractivity contribution in [2.75, 3.05) is 13.2 Å². The first kappa shape index (κ1) is 20.8. The molecule has 1 aromatic rings. The third-order valence-electron chi connectivity index (χ3n) is 4.69. The van der Waals surface area contributed by atoms with Crippen molar-refractivity contribution in [1.82, 2.24) is 0 Å². The summed E-state index contributed by atoms with van der Waals surface area (Å²) in [4.78, 5) is 4.43. The summed E-state index contributed by atoms with van der Waals surface area (Å²) in [5.41, 5.74) is 12.4. The molecule has 1 aromatic carbocycles. The Labute approximate surface area is 163 Å². The van der Waals surface area contributed by atoms with Crippen LogP contribution in [0.5, 0.6) is 0 Å². The quantitative estimate of drug-likeness (QED) is 0.290. The minimum absolute atomic E-state index is 0.0701. The van der Waals surface area contributed by atoms with Gasteiger partial charge in [-0.2, -0.15) is 0 Å². The zero-order chi connectivity index (χ0) is 20.2. The van der Waals surface area contributed by atoms with Crippen molar-refractivity contribution in [2.24, 2.45) is 21.9 Å². The number of benzene rings is 1. The van der Waals surface area contributed by atoms with Gasteiger partial charge in [-0.15, -0.1) is 0 Å². The normalized spacial score (nSPS) is 21.9. The molecule has 0 bridgehead atoms. The number of aliphatic hydroxyl groups is 1. The lowest BCUT2D eigenvalue weighted by molar-refractivity contribution is 0.183. The second-order valence-electron chi connectivity index (χ2n) is 6.78. The first-order chi connectivity index (χ1) is 12.7. The molecule has 0 aromatic heterocycles. The number of amidine groups is 1. The van der Waals surface area contributed by atoms with E-state index >= 15 is 0 Å². The maximum atomic E-state index is 14.0. The number of nitrogens with two attached hydrogens (primary N) is 2. The number of ether oxygens (including phenoxy) is 1. The van der Waals surface area contributed by atoms with Gasteiger partial charge in [-0.1, -0.05) is 25.1 Å². The third-order valence-corrected chi connectivity index (χ3v) is 4.93. The molecule has 2 rings (SSSR count). The first-order valence-electron chi connectivity index (χ1n) is 8.61. The smallest absolute Gasteiger partial charge is 0.132 e. The van der Waals surface area contributed by atoms with Crippen LogP contribution < -0.4 is 11.5 Å². The van der Waals surface area contributed by atoms with E-state index in [-0.39, 0.29) is 33.8 Å². The van der Waals surface area contributed by atoms with Gasteiger partial charge in [0, 0.05) is 28.1 Å². The zero-order valence-corrected chi connectivity index (χ0v) is 16.3. The van der Waals surface area contributed by atoms with E-state index in [2.05, 4.69) is 18.5 Å². The maximum Gasteiger partial charge on any atom is 0.132 e. The van der Waals surface area contributed by atoms with Crippen molar-refractivity contribution in [3.05, 3.63) is 64.3 Å². The van der Waals surface area contributed by atoms with E-state index in [0.717, 1.165) is 12.2 Å². The lowest BCUT2D eigenvalue weighted by Crippen LogP contribution is -2.26. The molecule has 0 amide bonds. The van der Waals surface area contributed by atoms with E-state index in [1.54, 1.807) is 0 Å². The van der Waals surface area contributed by atoms with Gasteiger partial charge in [0.1, 0.15) is 17.4 Å². The molecule has 0 saturated carbocycles. The molecular formula is C20H25ClFN3O2. The van der Waals surface area contributed by atoms with Gasteiger partial charge >= 0.3 is 0 Å². The molecule has 1 fully saturated rings. The molecular weight excluding hydrogens is 369 g/mol. The van der Waals surface area contributed by atoms with E-state index in [1.165, 1.54) is 31.2 Å². The molecule has 1 aliphatic rings. The van der Waals surface area contributed by atoms with Gasteiger partial charge in [0.15, 0.2) is 0 Å². The highest BCUT2D eigenvalue weighted by atomic mass is 35.5. The minimum Gasteiger partial charge on any atom is -0.512 e. The predicted molar refractivity (Wildman–Crippen MR) is 108 cm³/mol. The summed E-state index contributed by atoms with van der Waals surface area (Å²) >= 11 is 5.91. The Kier molecular flexibility index (Phi) is 6.54. The van der Waals surface area contributed by atoms with Gasteiger partial charge in [0.2, 0.25) is 0 Å². The van der Waals surface area contributed by atoms with Gasteiger partial charge in [0.25, 0.3) is 0 Å². The minimum atomic E-state index is -0.523.